The molecule has 2 aliphatic rings. The molecular formula is C12H22N2O2. The molecule has 2 N–H and O–H groups in total. The van der Waals surface area contributed by atoms with Gasteiger partial charge in [0, 0.05) is 38.3 Å². The molecule has 2 unspecified atom stereocenters. The highest BCUT2D eigenvalue weighted by Crippen LogP contribution is 2.27. The molecule has 1 saturated carbocycles. The Morgan fingerprint density at radius 1 is 1.25 bits per heavy atom. The summed E-state index contributed by atoms with van der Waals surface area (Å²) in [4.78, 5) is 14.2. The minimum absolute atomic E-state index is 0.169. The number of amides is 1. The lowest BCUT2D eigenvalue weighted by Crippen LogP contribution is -2.43. The van der Waals surface area contributed by atoms with Gasteiger partial charge >= 0.3 is 0 Å². The zero-order valence-corrected chi connectivity index (χ0v) is 10.0. The van der Waals surface area contributed by atoms with E-state index in [0.717, 1.165) is 45.3 Å². The first kappa shape index (κ1) is 11.9. The summed E-state index contributed by atoms with van der Waals surface area (Å²) in [5.74, 6) is 0.461. The lowest BCUT2D eigenvalue weighted by Gasteiger charge is -2.32. The van der Waals surface area contributed by atoms with Crippen LogP contribution in [0.1, 0.15) is 32.1 Å². The molecule has 0 bridgehead atoms. The Labute approximate surface area is 97.1 Å². The summed E-state index contributed by atoms with van der Waals surface area (Å²) in [5, 5.41) is 0. The number of ether oxygens (including phenoxy) is 1. The van der Waals surface area contributed by atoms with E-state index in [1.165, 1.54) is 0 Å². The third kappa shape index (κ3) is 2.55. The van der Waals surface area contributed by atoms with Gasteiger partial charge in [0.15, 0.2) is 0 Å². The van der Waals surface area contributed by atoms with Gasteiger partial charge in [0.1, 0.15) is 0 Å². The molecule has 1 amide bonds. The first-order valence-electron chi connectivity index (χ1n) is 6.28. The van der Waals surface area contributed by atoms with Crippen LogP contribution in [0.2, 0.25) is 0 Å². The molecule has 0 radical (unpaired) electrons. The molecule has 0 aromatic heterocycles. The Kier molecular flexibility index (Phi) is 3.82. The molecule has 1 saturated heterocycles. The minimum Gasteiger partial charge on any atom is -0.381 e. The van der Waals surface area contributed by atoms with E-state index in [0.29, 0.717) is 11.9 Å². The van der Waals surface area contributed by atoms with E-state index in [1.807, 2.05) is 11.9 Å². The van der Waals surface area contributed by atoms with E-state index < -0.39 is 0 Å². The summed E-state index contributed by atoms with van der Waals surface area (Å²) in [5.41, 5.74) is 5.85. The Morgan fingerprint density at radius 2 is 1.94 bits per heavy atom. The van der Waals surface area contributed by atoms with E-state index in [4.69, 9.17) is 10.5 Å². The summed E-state index contributed by atoms with van der Waals surface area (Å²) in [6.07, 6.45) is 4.78. The van der Waals surface area contributed by atoms with E-state index in [1.54, 1.807) is 0 Å². The SMILES string of the molecule is CN(C(=O)C1CCC(N)C1)C1CCOCC1. The zero-order chi connectivity index (χ0) is 11.5. The number of hydrogen-bond donors (Lipinski definition) is 1. The molecule has 0 aromatic carbocycles. The van der Waals surface area contributed by atoms with Crippen molar-refractivity contribution in [3.63, 3.8) is 0 Å². The van der Waals surface area contributed by atoms with Crippen molar-refractivity contribution in [3.8, 4) is 0 Å². The smallest absolute Gasteiger partial charge is 0.225 e. The van der Waals surface area contributed by atoms with Crippen molar-refractivity contribution >= 4 is 5.91 Å². The standard InChI is InChI=1S/C12H22N2O2/c1-14(11-4-6-16-7-5-11)12(15)9-2-3-10(13)8-9/h9-11H,2-8,13H2,1H3. The van der Waals surface area contributed by atoms with Crippen LogP contribution in [-0.2, 0) is 9.53 Å². The van der Waals surface area contributed by atoms with Crippen LogP contribution in [0.4, 0.5) is 0 Å². The van der Waals surface area contributed by atoms with Crippen LogP contribution in [0.15, 0.2) is 0 Å². The molecule has 2 rings (SSSR count). The molecular weight excluding hydrogens is 204 g/mol. The summed E-state index contributed by atoms with van der Waals surface area (Å²) < 4.78 is 5.31. The van der Waals surface area contributed by atoms with Gasteiger partial charge in [0.25, 0.3) is 0 Å². The third-order valence-electron chi connectivity index (χ3n) is 3.91. The van der Waals surface area contributed by atoms with Gasteiger partial charge in [0.2, 0.25) is 5.91 Å². The van der Waals surface area contributed by atoms with Gasteiger partial charge in [-0.1, -0.05) is 0 Å². The topological polar surface area (TPSA) is 55.6 Å². The number of rotatable bonds is 2. The van der Waals surface area contributed by atoms with E-state index >= 15 is 0 Å². The first-order chi connectivity index (χ1) is 7.68. The van der Waals surface area contributed by atoms with Crippen molar-refractivity contribution in [3.05, 3.63) is 0 Å². The molecule has 0 spiro atoms. The van der Waals surface area contributed by atoms with Gasteiger partial charge in [0.05, 0.1) is 0 Å². The van der Waals surface area contributed by atoms with Gasteiger partial charge in [-0.2, -0.15) is 0 Å². The normalized spacial score (nSPS) is 31.6. The molecule has 4 heteroatoms. The summed E-state index contributed by atoms with van der Waals surface area (Å²) in [6.45, 7) is 1.57. The molecule has 4 nitrogen and oxygen atoms in total. The quantitative estimate of drug-likeness (QED) is 0.756. The highest BCUT2D eigenvalue weighted by molar-refractivity contribution is 5.79. The fourth-order valence-electron chi connectivity index (χ4n) is 2.78. The van der Waals surface area contributed by atoms with Crippen molar-refractivity contribution in [1.29, 1.82) is 0 Å². The fourth-order valence-corrected chi connectivity index (χ4v) is 2.78. The number of hydrogen-bond acceptors (Lipinski definition) is 3. The van der Waals surface area contributed by atoms with E-state index in [-0.39, 0.29) is 12.0 Å². The zero-order valence-electron chi connectivity index (χ0n) is 10.0. The number of carbonyl (C=O) groups is 1. The molecule has 2 atom stereocenters. The number of nitrogens with two attached hydrogens (primary N) is 1. The minimum atomic E-state index is 0.169. The van der Waals surface area contributed by atoms with Crippen LogP contribution in [0.3, 0.4) is 0 Å². The van der Waals surface area contributed by atoms with Gasteiger partial charge in [-0.3, -0.25) is 4.79 Å². The monoisotopic (exact) mass is 226 g/mol. The summed E-state index contributed by atoms with van der Waals surface area (Å²) >= 11 is 0. The van der Waals surface area contributed by atoms with Gasteiger partial charge in [-0.15, -0.1) is 0 Å². The predicted molar refractivity (Wildman–Crippen MR) is 61.9 cm³/mol. The second kappa shape index (κ2) is 5.15. The van der Waals surface area contributed by atoms with E-state index in [2.05, 4.69) is 0 Å². The number of nitrogens with zero attached hydrogens (tertiary/aromatic N) is 1. The second-order valence-corrected chi connectivity index (χ2v) is 5.06. The predicted octanol–water partition coefficient (Wildman–Crippen LogP) is 0.751. The molecule has 92 valence electrons. The van der Waals surface area contributed by atoms with Crippen LogP contribution in [0, 0.1) is 5.92 Å². The second-order valence-electron chi connectivity index (χ2n) is 5.06. The third-order valence-corrected chi connectivity index (χ3v) is 3.91. The Bertz CT molecular complexity index is 251. The van der Waals surface area contributed by atoms with Crippen molar-refractivity contribution < 1.29 is 9.53 Å². The van der Waals surface area contributed by atoms with Gasteiger partial charge in [-0.05, 0) is 32.1 Å². The Hall–Kier alpha value is -0.610. The van der Waals surface area contributed by atoms with Crippen LogP contribution in [0.5, 0.6) is 0 Å². The van der Waals surface area contributed by atoms with Crippen LogP contribution in [-0.4, -0.2) is 43.2 Å². The van der Waals surface area contributed by atoms with Crippen molar-refractivity contribution in [2.45, 2.75) is 44.2 Å². The molecule has 1 heterocycles. The number of carbonyl (C=O) groups excluding carboxylic acids is 1. The molecule has 2 fully saturated rings. The molecule has 1 aliphatic carbocycles. The Balaban J connectivity index is 1.88. The van der Waals surface area contributed by atoms with Crippen LogP contribution >= 0.6 is 0 Å². The largest absolute Gasteiger partial charge is 0.381 e. The maximum Gasteiger partial charge on any atom is 0.225 e. The lowest BCUT2D eigenvalue weighted by molar-refractivity contribution is -0.137. The molecule has 0 aromatic rings. The van der Waals surface area contributed by atoms with Gasteiger partial charge in [-0.25, -0.2) is 0 Å². The first-order valence-corrected chi connectivity index (χ1v) is 6.28. The van der Waals surface area contributed by atoms with E-state index in [9.17, 15) is 4.79 Å². The van der Waals surface area contributed by atoms with Crippen molar-refractivity contribution in [2.75, 3.05) is 20.3 Å². The van der Waals surface area contributed by atoms with Crippen LogP contribution in [0.25, 0.3) is 0 Å². The highest BCUT2D eigenvalue weighted by atomic mass is 16.5. The van der Waals surface area contributed by atoms with Crippen LogP contribution < -0.4 is 5.73 Å². The summed E-state index contributed by atoms with van der Waals surface area (Å²) in [7, 11) is 1.93. The molecule has 16 heavy (non-hydrogen) atoms. The highest BCUT2D eigenvalue weighted by Gasteiger charge is 2.32. The maximum absolute atomic E-state index is 12.2. The summed E-state index contributed by atoms with van der Waals surface area (Å²) in [6, 6.07) is 0.607. The fraction of sp³-hybridized carbons (Fsp3) is 0.917. The van der Waals surface area contributed by atoms with Gasteiger partial charge < -0.3 is 15.4 Å². The van der Waals surface area contributed by atoms with Crippen molar-refractivity contribution in [2.24, 2.45) is 11.7 Å². The maximum atomic E-state index is 12.2. The lowest BCUT2D eigenvalue weighted by atomic mass is 10.0. The van der Waals surface area contributed by atoms with Crippen molar-refractivity contribution in [1.82, 2.24) is 4.90 Å². The molecule has 1 aliphatic heterocycles. The Morgan fingerprint density at radius 3 is 2.50 bits per heavy atom. The average Bonchev–Trinajstić information content (AvgIpc) is 2.75. The average molecular weight is 226 g/mol.